The zero-order valence-corrected chi connectivity index (χ0v) is 12.3. The molecule has 0 unspecified atom stereocenters. The van der Waals surface area contributed by atoms with E-state index < -0.39 is 0 Å². The maximum atomic E-state index is 4.63. The van der Waals surface area contributed by atoms with Gasteiger partial charge in [0, 0.05) is 18.3 Å². The smallest absolute Gasteiger partial charge is 0.0595 e. The maximum Gasteiger partial charge on any atom is 0.0595 e. The van der Waals surface area contributed by atoms with E-state index in [1.807, 2.05) is 12.3 Å². The fourth-order valence-electron chi connectivity index (χ4n) is 3.94. The molecule has 1 aliphatic heterocycles. The number of likely N-dealkylation sites (tertiary alicyclic amines) is 1. The molecular weight excluding hydrogens is 256 g/mol. The van der Waals surface area contributed by atoms with Crippen LogP contribution in [-0.2, 0) is 0 Å². The molecule has 4 atom stereocenters. The minimum Gasteiger partial charge on any atom is -0.281 e. The van der Waals surface area contributed by atoms with Gasteiger partial charge < -0.3 is 0 Å². The standard InChI is InChI=1S/C19H20N2/c1-14(15-7-3-2-4-8-15)21-17-11-10-16(13-17)19(21)18-9-5-6-12-20-18/h2-12,14,16-17,19H,13H2,1H3/t14-,16-,17+,19+/m0/s1. The summed E-state index contributed by atoms with van der Waals surface area (Å²) in [6.07, 6.45) is 7.91. The lowest BCUT2D eigenvalue weighted by atomic mass is 9.96. The van der Waals surface area contributed by atoms with E-state index >= 15 is 0 Å². The van der Waals surface area contributed by atoms with Crippen LogP contribution >= 0.6 is 0 Å². The second-order valence-electron chi connectivity index (χ2n) is 6.09. The second kappa shape index (κ2) is 5.12. The number of hydrogen-bond donors (Lipinski definition) is 0. The van der Waals surface area contributed by atoms with Gasteiger partial charge >= 0.3 is 0 Å². The van der Waals surface area contributed by atoms with Gasteiger partial charge in [-0.2, -0.15) is 0 Å². The van der Waals surface area contributed by atoms with Crippen LogP contribution in [0.15, 0.2) is 66.9 Å². The molecule has 21 heavy (non-hydrogen) atoms. The minimum absolute atomic E-state index is 0.413. The Bertz CT molecular complexity index is 635. The van der Waals surface area contributed by atoms with Gasteiger partial charge in [-0.25, -0.2) is 0 Å². The number of aromatic nitrogens is 1. The van der Waals surface area contributed by atoms with Gasteiger partial charge in [-0.1, -0.05) is 48.6 Å². The number of nitrogens with zero attached hydrogens (tertiary/aromatic N) is 2. The van der Waals surface area contributed by atoms with Gasteiger partial charge in [0.05, 0.1) is 11.7 Å². The summed E-state index contributed by atoms with van der Waals surface area (Å²) in [5.41, 5.74) is 2.59. The van der Waals surface area contributed by atoms with Crippen LogP contribution in [0.3, 0.4) is 0 Å². The lowest BCUT2D eigenvalue weighted by molar-refractivity contribution is 0.142. The summed E-state index contributed by atoms with van der Waals surface area (Å²) in [7, 11) is 0. The van der Waals surface area contributed by atoms with Crippen LogP contribution in [0, 0.1) is 5.92 Å². The summed E-state index contributed by atoms with van der Waals surface area (Å²) in [4.78, 5) is 7.27. The molecule has 1 aromatic carbocycles. The van der Waals surface area contributed by atoms with Gasteiger partial charge in [-0.05, 0) is 37.0 Å². The molecule has 2 bridgehead atoms. The Hall–Kier alpha value is -1.93. The average Bonchev–Trinajstić information content (AvgIpc) is 3.17. The largest absolute Gasteiger partial charge is 0.281 e. The third-order valence-electron chi connectivity index (χ3n) is 4.92. The highest BCUT2D eigenvalue weighted by Gasteiger charge is 2.45. The molecule has 2 heterocycles. The number of rotatable bonds is 3. The monoisotopic (exact) mass is 276 g/mol. The van der Waals surface area contributed by atoms with Crippen LogP contribution in [0.2, 0.25) is 0 Å². The molecular formula is C19H20N2. The van der Waals surface area contributed by atoms with Crippen molar-refractivity contribution in [3.8, 4) is 0 Å². The zero-order valence-electron chi connectivity index (χ0n) is 12.3. The van der Waals surface area contributed by atoms with Crippen molar-refractivity contribution in [3.05, 3.63) is 78.1 Å². The zero-order chi connectivity index (χ0) is 14.2. The predicted octanol–water partition coefficient (Wildman–Crippen LogP) is 4.14. The van der Waals surface area contributed by atoms with E-state index in [1.165, 1.54) is 17.7 Å². The molecule has 106 valence electrons. The fourth-order valence-corrected chi connectivity index (χ4v) is 3.94. The molecule has 0 N–H and O–H groups in total. The van der Waals surface area contributed by atoms with E-state index in [9.17, 15) is 0 Å². The summed E-state index contributed by atoms with van der Waals surface area (Å²) in [5, 5.41) is 0. The van der Waals surface area contributed by atoms with Gasteiger partial charge in [-0.15, -0.1) is 0 Å². The second-order valence-corrected chi connectivity index (χ2v) is 6.09. The van der Waals surface area contributed by atoms with Gasteiger partial charge in [0.1, 0.15) is 0 Å². The Balaban J connectivity index is 1.71. The molecule has 1 aromatic heterocycles. The van der Waals surface area contributed by atoms with Gasteiger partial charge in [-0.3, -0.25) is 9.88 Å². The summed E-state index contributed by atoms with van der Waals surface area (Å²) in [6.45, 7) is 2.32. The Labute approximate surface area is 126 Å². The molecule has 2 aromatic rings. The van der Waals surface area contributed by atoms with Crippen molar-refractivity contribution in [1.82, 2.24) is 9.88 Å². The van der Waals surface area contributed by atoms with E-state index in [-0.39, 0.29) is 0 Å². The van der Waals surface area contributed by atoms with E-state index in [0.717, 1.165) is 0 Å². The summed E-state index contributed by atoms with van der Waals surface area (Å²) in [5.74, 6) is 0.607. The van der Waals surface area contributed by atoms with Gasteiger partial charge in [0.15, 0.2) is 0 Å². The highest BCUT2D eigenvalue weighted by molar-refractivity contribution is 5.27. The molecule has 2 aliphatic rings. The van der Waals surface area contributed by atoms with Crippen molar-refractivity contribution < 1.29 is 0 Å². The minimum atomic E-state index is 0.413. The van der Waals surface area contributed by atoms with Crippen molar-refractivity contribution in [2.45, 2.75) is 31.5 Å². The summed E-state index contributed by atoms with van der Waals surface area (Å²) in [6, 6.07) is 18.5. The Morgan fingerprint density at radius 3 is 2.62 bits per heavy atom. The summed E-state index contributed by atoms with van der Waals surface area (Å²) >= 11 is 0. The SMILES string of the molecule is C[C@@H](c1ccccc1)N1[C@@H]2C=C[C@@H](C2)[C@@H]1c1ccccn1. The molecule has 2 nitrogen and oxygen atoms in total. The summed E-state index contributed by atoms with van der Waals surface area (Å²) < 4.78 is 0. The van der Waals surface area contributed by atoms with Crippen molar-refractivity contribution in [2.75, 3.05) is 0 Å². The molecule has 2 heteroatoms. The topological polar surface area (TPSA) is 16.1 Å². The first-order valence-corrected chi connectivity index (χ1v) is 7.76. The molecule has 0 radical (unpaired) electrons. The van der Waals surface area contributed by atoms with Crippen molar-refractivity contribution in [1.29, 1.82) is 0 Å². The average molecular weight is 276 g/mol. The third-order valence-corrected chi connectivity index (χ3v) is 4.92. The van der Waals surface area contributed by atoms with Crippen LogP contribution in [-0.4, -0.2) is 15.9 Å². The maximum absolute atomic E-state index is 4.63. The third kappa shape index (κ3) is 2.11. The van der Waals surface area contributed by atoms with Crippen molar-refractivity contribution >= 4 is 0 Å². The number of fused-ring (bicyclic) bond motifs is 2. The lowest BCUT2D eigenvalue weighted by Crippen LogP contribution is -2.35. The van der Waals surface area contributed by atoms with Crippen LogP contribution in [0.5, 0.6) is 0 Å². The van der Waals surface area contributed by atoms with Gasteiger partial charge in [0.25, 0.3) is 0 Å². The van der Waals surface area contributed by atoms with Crippen LogP contribution < -0.4 is 0 Å². The Morgan fingerprint density at radius 2 is 1.86 bits per heavy atom. The quantitative estimate of drug-likeness (QED) is 0.783. The molecule has 1 saturated heterocycles. The number of hydrogen-bond acceptors (Lipinski definition) is 2. The van der Waals surface area contributed by atoms with E-state index in [0.29, 0.717) is 24.0 Å². The van der Waals surface area contributed by atoms with Gasteiger partial charge in [0.2, 0.25) is 0 Å². The van der Waals surface area contributed by atoms with Crippen LogP contribution in [0.4, 0.5) is 0 Å². The Morgan fingerprint density at radius 1 is 1.05 bits per heavy atom. The number of pyridine rings is 1. The number of benzene rings is 1. The molecule has 1 aliphatic carbocycles. The fraction of sp³-hybridized carbons (Fsp3) is 0.316. The first-order valence-electron chi connectivity index (χ1n) is 7.76. The molecule has 0 spiro atoms. The molecule has 1 fully saturated rings. The predicted molar refractivity (Wildman–Crippen MR) is 84.7 cm³/mol. The Kier molecular flexibility index (Phi) is 3.12. The van der Waals surface area contributed by atoms with E-state index in [4.69, 9.17) is 0 Å². The molecule has 0 amide bonds. The highest BCUT2D eigenvalue weighted by atomic mass is 15.3. The van der Waals surface area contributed by atoms with Crippen LogP contribution in [0.1, 0.15) is 36.7 Å². The normalized spacial score (nSPS) is 28.9. The van der Waals surface area contributed by atoms with Crippen molar-refractivity contribution in [3.63, 3.8) is 0 Å². The first-order chi connectivity index (χ1) is 10.3. The van der Waals surface area contributed by atoms with E-state index in [2.05, 4.69) is 71.4 Å². The first kappa shape index (κ1) is 12.8. The lowest BCUT2D eigenvalue weighted by Gasteiger charge is -2.37. The van der Waals surface area contributed by atoms with E-state index in [1.54, 1.807) is 0 Å². The molecule has 4 rings (SSSR count). The van der Waals surface area contributed by atoms with Crippen molar-refractivity contribution in [2.24, 2.45) is 5.92 Å². The highest BCUT2D eigenvalue weighted by Crippen LogP contribution is 2.49. The van der Waals surface area contributed by atoms with Crippen LogP contribution in [0.25, 0.3) is 0 Å². The molecule has 0 saturated carbocycles.